The number of nitrogens with zero attached hydrogens (tertiary/aromatic N) is 1. The van der Waals surface area contributed by atoms with Gasteiger partial charge in [-0.2, -0.15) is 4.31 Å². The van der Waals surface area contributed by atoms with E-state index in [-0.39, 0.29) is 18.3 Å². The third-order valence-electron chi connectivity index (χ3n) is 3.58. The highest BCUT2D eigenvalue weighted by molar-refractivity contribution is 7.89. The van der Waals surface area contributed by atoms with Gasteiger partial charge < -0.3 is 10.4 Å². The van der Waals surface area contributed by atoms with E-state index in [1.54, 1.807) is 0 Å². The fraction of sp³-hybridized carbons (Fsp3) is 1.00. The molecule has 0 bridgehead atoms. The first-order valence-corrected chi connectivity index (χ1v) is 8.08. The summed E-state index contributed by atoms with van der Waals surface area (Å²) in [6.45, 7) is 1.75. The van der Waals surface area contributed by atoms with E-state index in [0.717, 1.165) is 32.2 Å². The summed E-state index contributed by atoms with van der Waals surface area (Å²) in [4.78, 5) is 0. The van der Waals surface area contributed by atoms with Gasteiger partial charge in [-0.3, -0.25) is 0 Å². The summed E-state index contributed by atoms with van der Waals surface area (Å²) >= 11 is 0. The highest BCUT2D eigenvalue weighted by Crippen LogP contribution is 2.17. The van der Waals surface area contributed by atoms with Gasteiger partial charge in [-0.25, -0.2) is 8.42 Å². The second-order valence-electron chi connectivity index (χ2n) is 5.08. The number of piperidine rings is 2. The van der Waals surface area contributed by atoms with Crippen LogP contribution in [0.25, 0.3) is 0 Å². The van der Waals surface area contributed by atoms with Gasteiger partial charge in [0.1, 0.15) is 0 Å². The number of aliphatic hydroxyl groups is 1. The van der Waals surface area contributed by atoms with Gasteiger partial charge in [0.15, 0.2) is 0 Å². The van der Waals surface area contributed by atoms with Crippen molar-refractivity contribution in [2.45, 2.75) is 44.2 Å². The summed E-state index contributed by atoms with van der Waals surface area (Å²) in [7, 11) is -3.21. The molecule has 5 nitrogen and oxygen atoms in total. The largest absolute Gasteiger partial charge is 0.392 e. The SMILES string of the molecule is O=S(=O)(CC1CCCCN1)N1CCCC(O)C1. The first kappa shape index (κ1) is 13.3. The van der Waals surface area contributed by atoms with Crippen molar-refractivity contribution in [3.63, 3.8) is 0 Å². The van der Waals surface area contributed by atoms with Crippen LogP contribution in [0.5, 0.6) is 0 Å². The van der Waals surface area contributed by atoms with Crippen LogP contribution in [0.1, 0.15) is 32.1 Å². The molecule has 0 aliphatic carbocycles. The molecule has 2 atom stereocenters. The number of rotatable bonds is 3. The van der Waals surface area contributed by atoms with Crippen molar-refractivity contribution in [1.29, 1.82) is 0 Å². The maximum Gasteiger partial charge on any atom is 0.215 e. The van der Waals surface area contributed by atoms with E-state index >= 15 is 0 Å². The molecular formula is C11H22N2O3S. The van der Waals surface area contributed by atoms with Crippen molar-refractivity contribution >= 4 is 10.0 Å². The van der Waals surface area contributed by atoms with Crippen molar-refractivity contribution in [3.8, 4) is 0 Å². The summed E-state index contributed by atoms with van der Waals surface area (Å²) in [5, 5.41) is 12.8. The molecule has 2 aliphatic rings. The van der Waals surface area contributed by atoms with Gasteiger partial charge in [0.05, 0.1) is 11.9 Å². The normalized spacial score (nSPS) is 32.5. The van der Waals surface area contributed by atoms with Gasteiger partial charge in [0, 0.05) is 19.1 Å². The van der Waals surface area contributed by atoms with E-state index in [1.165, 1.54) is 4.31 Å². The van der Waals surface area contributed by atoms with Crippen LogP contribution in [0.3, 0.4) is 0 Å². The molecule has 2 N–H and O–H groups in total. The average Bonchev–Trinajstić information content (AvgIpc) is 2.30. The molecule has 0 aromatic rings. The van der Waals surface area contributed by atoms with Gasteiger partial charge >= 0.3 is 0 Å². The van der Waals surface area contributed by atoms with Crippen LogP contribution in [-0.4, -0.2) is 55.4 Å². The maximum absolute atomic E-state index is 12.2. The van der Waals surface area contributed by atoms with Crippen LogP contribution in [0, 0.1) is 0 Å². The zero-order valence-electron chi connectivity index (χ0n) is 10.1. The molecule has 0 saturated carbocycles. The lowest BCUT2D eigenvalue weighted by atomic mass is 10.1. The molecule has 2 rings (SSSR count). The fourth-order valence-electron chi connectivity index (χ4n) is 2.60. The molecule has 2 fully saturated rings. The topological polar surface area (TPSA) is 69.6 Å². The minimum atomic E-state index is -3.21. The van der Waals surface area contributed by atoms with Crippen LogP contribution in [-0.2, 0) is 10.0 Å². The summed E-state index contributed by atoms with van der Waals surface area (Å²) in [6, 6.07) is 0.0906. The second-order valence-corrected chi connectivity index (χ2v) is 7.09. The predicted octanol–water partition coefficient (Wildman–Crippen LogP) is -0.0850. The Balaban J connectivity index is 1.92. The van der Waals surface area contributed by atoms with Crippen LogP contribution >= 0.6 is 0 Å². The van der Waals surface area contributed by atoms with E-state index in [1.807, 2.05) is 0 Å². The molecule has 0 radical (unpaired) electrons. The maximum atomic E-state index is 12.2. The molecule has 0 aromatic carbocycles. The van der Waals surface area contributed by atoms with Crippen molar-refractivity contribution < 1.29 is 13.5 Å². The van der Waals surface area contributed by atoms with E-state index in [2.05, 4.69) is 5.32 Å². The number of nitrogens with one attached hydrogen (secondary N) is 1. The van der Waals surface area contributed by atoms with E-state index in [4.69, 9.17) is 0 Å². The monoisotopic (exact) mass is 262 g/mol. The Labute approximate surface area is 103 Å². The van der Waals surface area contributed by atoms with Crippen molar-refractivity contribution in [3.05, 3.63) is 0 Å². The third kappa shape index (κ3) is 3.64. The van der Waals surface area contributed by atoms with E-state index in [9.17, 15) is 13.5 Å². The number of sulfonamides is 1. The first-order valence-electron chi connectivity index (χ1n) is 6.47. The molecule has 2 aliphatic heterocycles. The van der Waals surface area contributed by atoms with Gasteiger partial charge in [-0.05, 0) is 32.2 Å². The molecular weight excluding hydrogens is 240 g/mol. The van der Waals surface area contributed by atoms with Crippen LogP contribution in [0.2, 0.25) is 0 Å². The van der Waals surface area contributed by atoms with Gasteiger partial charge in [-0.15, -0.1) is 0 Å². The Morgan fingerprint density at radius 2 is 2.06 bits per heavy atom. The number of β-amino-alcohol motifs (C(OH)–C–C–N with tert-alkyl or cyclic N) is 1. The van der Waals surface area contributed by atoms with E-state index in [0.29, 0.717) is 13.0 Å². The van der Waals surface area contributed by atoms with Gasteiger partial charge in [-0.1, -0.05) is 6.42 Å². The summed E-state index contributed by atoms with van der Waals surface area (Å²) < 4.78 is 25.8. The molecule has 2 heterocycles. The Morgan fingerprint density at radius 1 is 1.24 bits per heavy atom. The number of hydrogen-bond acceptors (Lipinski definition) is 4. The fourth-order valence-corrected chi connectivity index (χ4v) is 4.41. The summed E-state index contributed by atoms with van der Waals surface area (Å²) in [5.74, 6) is 0.180. The second kappa shape index (κ2) is 5.65. The molecule has 0 spiro atoms. The Hall–Kier alpha value is -0.170. The lowest BCUT2D eigenvalue weighted by Crippen LogP contribution is -2.48. The zero-order valence-corrected chi connectivity index (χ0v) is 11.0. The molecule has 6 heteroatoms. The smallest absolute Gasteiger partial charge is 0.215 e. The van der Waals surface area contributed by atoms with Crippen molar-refractivity contribution in [1.82, 2.24) is 9.62 Å². The zero-order chi connectivity index (χ0) is 12.3. The number of hydrogen-bond donors (Lipinski definition) is 2. The van der Waals surface area contributed by atoms with Crippen LogP contribution in [0.4, 0.5) is 0 Å². The van der Waals surface area contributed by atoms with Crippen LogP contribution in [0.15, 0.2) is 0 Å². The average molecular weight is 262 g/mol. The third-order valence-corrected chi connectivity index (χ3v) is 5.52. The molecule has 100 valence electrons. The minimum Gasteiger partial charge on any atom is -0.392 e. The van der Waals surface area contributed by atoms with Gasteiger partial charge in [0.25, 0.3) is 0 Å². The molecule has 2 saturated heterocycles. The highest BCUT2D eigenvalue weighted by Gasteiger charge is 2.30. The Kier molecular flexibility index (Phi) is 4.41. The Bertz CT molecular complexity index is 339. The highest BCUT2D eigenvalue weighted by atomic mass is 32.2. The van der Waals surface area contributed by atoms with Crippen LogP contribution < -0.4 is 5.32 Å². The number of aliphatic hydroxyl groups excluding tert-OH is 1. The molecule has 2 unspecified atom stereocenters. The standard InChI is InChI=1S/C11H22N2O3S/c14-11-5-3-7-13(8-11)17(15,16)9-10-4-1-2-6-12-10/h10-12,14H,1-9H2. The summed E-state index contributed by atoms with van der Waals surface area (Å²) in [6.07, 6.45) is 4.18. The van der Waals surface area contributed by atoms with E-state index < -0.39 is 16.1 Å². The molecule has 17 heavy (non-hydrogen) atoms. The quantitative estimate of drug-likeness (QED) is 0.746. The summed E-state index contributed by atoms with van der Waals surface area (Å²) in [5.41, 5.74) is 0. The van der Waals surface area contributed by atoms with Gasteiger partial charge in [0.2, 0.25) is 10.0 Å². The lowest BCUT2D eigenvalue weighted by Gasteiger charge is -2.31. The molecule has 0 aromatic heterocycles. The first-order chi connectivity index (χ1) is 8.08. The lowest BCUT2D eigenvalue weighted by molar-refractivity contribution is 0.108. The van der Waals surface area contributed by atoms with Crippen molar-refractivity contribution in [2.24, 2.45) is 0 Å². The predicted molar refractivity (Wildman–Crippen MR) is 66.2 cm³/mol. The Morgan fingerprint density at radius 3 is 2.71 bits per heavy atom. The van der Waals surface area contributed by atoms with Crippen molar-refractivity contribution in [2.75, 3.05) is 25.4 Å². The molecule has 0 amide bonds. The minimum absolute atomic E-state index is 0.0906.